The summed E-state index contributed by atoms with van der Waals surface area (Å²) in [5, 5.41) is 5.51. The van der Waals surface area contributed by atoms with Crippen LogP contribution in [0.4, 0.5) is 0 Å². The van der Waals surface area contributed by atoms with Gasteiger partial charge in [-0.1, -0.05) is 0 Å². The van der Waals surface area contributed by atoms with Crippen LogP contribution in [0.3, 0.4) is 0 Å². The van der Waals surface area contributed by atoms with Gasteiger partial charge >= 0.3 is 0 Å². The van der Waals surface area contributed by atoms with E-state index in [1.54, 1.807) is 0 Å². The Morgan fingerprint density at radius 1 is 0.619 bits per heavy atom. The molecule has 0 aliphatic rings. The molecular formula is C12H9N3O6. The Balaban J connectivity index is 3.30. The van der Waals surface area contributed by atoms with Gasteiger partial charge in [-0.2, -0.15) is 0 Å². The summed E-state index contributed by atoms with van der Waals surface area (Å²) >= 11 is 0. The molecule has 9 nitrogen and oxygen atoms in total. The van der Waals surface area contributed by atoms with Crippen molar-refractivity contribution in [3.63, 3.8) is 0 Å². The molecule has 0 saturated heterocycles. The van der Waals surface area contributed by atoms with Gasteiger partial charge in [-0.3, -0.25) is 44.7 Å². The minimum atomic E-state index is -0.856. The standard InChI is InChI=1S/C12H9N3O6/c16-4-13-10(19)7-1-8(11(20)14-5-17)3-9(2-7)12(21)15-6-18/h1-6H,(H,13,16,19)(H,14,17,20)(H,15,18,21). The summed E-state index contributed by atoms with van der Waals surface area (Å²) in [6, 6.07) is 3.24. The molecule has 0 fully saturated rings. The van der Waals surface area contributed by atoms with E-state index >= 15 is 0 Å². The van der Waals surface area contributed by atoms with Crippen LogP contribution in [0.15, 0.2) is 18.2 Å². The molecule has 0 bridgehead atoms. The Morgan fingerprint density at radius 2 is 0.857 bits per heavy atom. The van der Waals surface area contributed by atoms with Gasteiger partial charge in [0.1, 0.15) is 0 Å². The van der Waals surface area contributed by atoms with E-state index in [4.69, 9.17) is 0 Å². The Labute approximate surface area is 117 Å². The van der Waals surface area contributed by atoms with E-state index < -0.39 is 17.7 Å². The summed E-state index contributed by atoms with van der Waals surface area (Å²) in [5.41, 5.74) is -0.509. The van der Waals surface area contributed by atoms with E-state index in [0.717, 1.165) is 18.2 Å². The lowest BCUT2D eigenvalue weighted by Gasteiger charge is -2.07. The summed E-state index contributed by atoms with van der Waals surface area (Å²) in [6.45, 7) is 0. The van der Waals surface area contributed by atoms with E-state index in [9.17, 15) is 28.8 Å². The van der Waals surface area contributed by atoms with Crippen LogP contribution in [0.1, 0.15) is 31.1 Å². The quantitative estimate of drug-likeness (QED) is 0.536. The molecule has 0 heterocycles. The van der Waals surface area contributed by atoms with Crippen molar-refractivity contribution < 1.29 is 28.8 Å². The molecule has 1 aromatic carbocycles. The first-order valence-electron chi connectivity index (χ1n) is 5.42. The Hall–Kier alpha value is -3.36. The lowest BCUT2D eigenvalue weighted by Crippen LogP contribution is -2.27. The average molecular weight is 291 g/mol. The van der Waals surface area contributed by atoms with Crippen LogP contribution in [-0.4, -0.2) is 37.0 Å². The number of carbonyl (C=O) groups excluding carboxylic acids is 6. The third-order valence-electron chi connectivity index (χ3n) is 2.29. The second-order valence-corrected chi connectivity index (χ2v) is 3.57. The van der Waals surface area contributed by atoms with Crippen molar-refractivity contribution >= 4 is 37.0 Å². The first kappa shape index (κ1) is 15.7. The molecule has 0 radical (unpaired) electrons. The van der Waals surface area contributed by atoms with Crippen LogP contribution < -0.4 is 16.0 Å². The first-order valence-corrected chi connectivity index (χ1v) is 5.42. The molecule has 108 valence electrons. The van der Waals surface area contributed by atoms with Gasteiger partial charge in [0, 0.05) is 16.7 Å². The number of carbonyl (C=O) groups is 6. The summed E-state index contributed by atoms with van der Waals surface area (Å²) in [5.74, 6) is -2.57. The molecule has 0 atom stereocenters. The largest absolute Gasteiger partial charge is 0.295 e. The maximum atomic E-state index is 11.6. The fraction of sp³-hybridized carbons (Fsp3) is 0. The number of benzene rings is 1. The summed E-state index contributed by atoms with van der Waals surface area (Å²) < 4.78 is 0. The number of nitrogens with one attached hydrogen (secondary N) is 3. The van der Waals surface area contributed by atoms with Gasteiger partial charge in [-0.15, -0.1) is 0 Å². The van der Waals surface area contributed by atoms with Crippen molar-refractivity contribution in [1.82, 2.24) is 16.0 Å². The molecular weight excluding hydrogens is 282 g/mol. The predicted molar refractivity (Wildman–Crippen MR) is 67.0 cm³/mol. The average Bonchev–Trinajstić information content (AvgIpc) is 2.47. The zero-order valence-corrected chi connectivity index (χ0v) is 10.4. The second kappa shape index (κ2) is 7.28. The monoisotopic (exact) mass is 291 g/mol. The molecule has 1 aromatic rings. The minimum Gasteiger partial charge on any atom is -0.295 e. The zero-order valence-electron chi connectivity index (χ0n) is 10.4. The number of imide groups is 3. The van der Waals surface area contributed by atoms with Gasteiger partial charge in [-0.05, 0) is 18.2 Å². The van der Waals surface area contributed by atoms with Gasteiger partial charge in [0.2, 0.25) is 19.2 Å². The smallest absolute Gasteiger partial charge is 0.257 e. The molecule has 3 N–H and O–H groups in total. The van der Waals surface area contributed by atoms with Gasteiger partial charge < -0.3 is 0 Å². The fourth-order valence-corrected chi connectivity index (χ4v) is 1.43. The van der Waals surface area contributed by atoms with Gasteiger partial charge in [0.15, 0.2) is 0 Å². The van der Waals surface area contributed by atoms with Crippen molar-refractivity contribution in [1.29, 1.82) is 0 Å². The van der Waals surface area contributed by atoms with Crippen LogP contribution in [0.5, 0.6) is 0 Å². The van der Waals surface area contributed by atoms with Crippen LogP contribution in [0.25, 0.3) is 0 Å². The molecule has 9 heteroatoms. The Bertz CT molecular complexity index is 527. The Kier molecular flexibility index (Phi) is 5.44. The summed E-state index contributed by atoms with van der Waals surface area (Å²) in [7, 11) is 0. The molecule has 0 aromatic heterocycles. The van der Waals surface area contributed by atoms with Crippen molar-refractivity contribution in [2.75, 3.05) is 0 Å². The fourth-order valence-electron chi connectivity index (χ4n) is 1.43. The van der Waals surface area contributed by atoms with Crippen molar-refractivity contribution in [3.05, 3.63) is 34.9 Å². The van der Waals surface area contributed by atoms with E-state index in [0.29, 0.717) is 0 Å². The SMILES string of the molecule is O=CNC(=O)c1cc(C(=O)NC=O)cc(C(=O)NC=O)c1. The molecule has 0 spiro atoms. The van der Waals surface area contributed by atoms with E-state index in [1.165, 1.54) is 0 Å². The Morgan fingerprint density at radius 3 is 1.05 bits per heavy atom. The van der Waals surface area contributed by atoms with Gasteiger partial charge in [0.25, 0.3) is 17.7 Å². The highest BCUT2D eigenvalue weighted by atomic mass is 16.2. The molecule has 0 aliphatic heterocycles. The molecule has 0 aliphatic carbocycles. The second-order valence-electron chi connectivity index (χ2n) is 3.57. The molecule has 0 saturated carbocycles. The molecule has 21 heavy (non-hydrogen) atoms. The van der Waals surface area contributed by atoms with Crippen molar-refractivity contribution in [2.45, 2.75) is 0 Å². The van der Waals surface area contributed by atoms with Crippen LogP contribution >= 0.6 is 0 Å². The van der Waals surface area contributed by atoms with E-state index in [1.807, 2.05) is 16.0 Å². The lowest BCUT2D eigenvalue weighted by molar-refractivity contribution is -0.109. The first-order chi connectivity index (χ1) is 10.0. The third-order valence-corrected chi connectivity index (χ3v) is 2.29. The lowest BCUT2D eigenvalue weighted by atomic mass is 10.0. The van der Waals surface area contributed by atoms with Crippen molar-refractivity contribution in [2.24, 2.45) is 0 Å². The van der Waals surface area contributed by atoms with Crippen LogP contribution in [0.2, 0.25) is 0 Å². The van der Waals surface area contributed by atoms with E-state index in [-0.39, 0.29) is 35.9 Å². The van der Waals surface area contributed by atoms with Crippen molar-refractivity contribution in [3.8, 4) is 0 Å². The summed E-state index contributed by atoms with van der Waals surface area (Å²) in [6.07, 6.45) is 0.392. The van der Waals surface area contributed by atoms with E-state index in [2.05, 4.69) is 0 Å². The normalized spacial score (nSPS) is 9.14. The topological polar surface area (TPSA) is 139 Å². The third kappa shape index (κ3) is 4.06. The molecule has 0 unspecified atom stereocenters. The van der Waals surface area contributed by atoms with Crippen LogP contribution in [-0.2, 0) is 14.4 Å². The number of hydrogen-bond acceptors (Lipinski definition) is 6. The maximum absolute atomic E-state index is 11.6. The highest BCUT2D eigenvalue weighted by molar-refractivity contribution is 6.08. The maximum Gasteiger partial charge on any atom is 0.257 e. The highest BCUT2D eigenvalue weighted by Gasteiger charge is 2.15. The molecule has 1 rings (SSSR count). The van der Waals surface area contributed by atoms with Gasteiger partial charge in [-0.25, -0.2) is 0 Å². The number of hydrogen-bond donors (Lipinski definition) is 3. The number of amides is 6. The number of rotatable bonds is 6. The van der Waals surface area contributed by atoms with Gasteiger partial charge in [0.05, 0.1) is 0 Å². The zero-order chi connectivity index (χ0) is 15.8. The molecule has 6 amide bonds. The highest BCUT2D eigenvalue weighted by Crippen LogP contribution is 2.11. The van der Waals surface area contributed by atoms with Crippen LogP contribution in [0, 0.1) is 0 Å². The minimum absolute atomic E-state index is 0.131. The summed E-state index contributed by atoms with van der Waals surface area (Å²) in [4.78, 5) is 65.4. The predicted octanol–water partition coefficient (Wildman–Crippen LogP) is -1.65.